The maximum absolute atomic E-state index is 11.4. The Kier molecular flexibility index (Phi) is 4.19. The van der Waals surface area contributed by atoms with Crippen molar-refractivity contribution in [2.24, 2.45) is 0 Å². The molecular formula is C8H10N2O4S. The molecule has 1 heterocycles. The predicted octanol–water partition coefficient (Wildman–Crippen LogP) is -0.0275. The second kappa shape index (κ2) is 5.42. The first kappa shape index (κ1) is 11.6. The zero-order valence-electron chi connectivity index (χ0n) is 7.97. The summed E-state index contributed by atoms with van der Waals surface area (Å²) in [7, 11) is 1.28. The Morgan fingerprint density at radius 3 is 2.93 bits per heavy atom. The van der Waals surface area contributed by atoms with E-state index in [0.29, 0.717) is 4.88 Å². The van der Waals surface area contributed by atoms with Gasteiger partial charge in [0.15, 0.2) is 6.10 Å². The molecule has 1 atom stereocenters. The van der Waals surface area contributed by atoms with E-state index >= 15 is 0 Å². The third kappa shape index (κ3) is 3.30. The van der Waals surface area contributed by atoms with Crippen molar-refractivity contribution in [3.63, 3.8) is 0 Å². The number of hydrogen-bond acceptors (Lipinski definition) is 5. The van der Waals surface area contributed by atoms with E-state index in [1.54, 1.807) is 0 Å². The van der Waals surface area contributed by atoms with Gasteiger partial charge in [-0.15, -0.1) is 11.3 Å². The van der Waals surface area contributed by atoms with Crippen LogP contribution >= 0.6 is 11.3 Å². The van der Waals surface area contributed by atoms with Crippen molar-refractivity contribution in [1.29, 1.82) is 0 Å². The minimum atomic E-state index is -1.11. The van der Waals surface area contributed by atoms with Crippen LogP contribution in [0.1, 0.15) is 9.67 Å². The van der Waals surface area contributed by atoms with Crippen molar-refractivity contribution in [1.82, 2.24) is 10.3 Å². The van der Waals surface area contributed by atoms with E-state index in [-0.39, 0.29) is 12.5 Å². The maximum atomic E-state index is 11.4. The highest BCUT2D eigenvalue weighted by Crippen LogP contribution is 2.04. The lowest BCUT2D eigenvalue weighted by Gasteiger charge is -2.10. The summed E-state index contributed by atoms with van der Waals surface area (Å²) in [5.41, 5.74) is 1.53. The van der Waals surface area contributed by atoms with Crippen molar-refractivity contribution >= 4 is 23.2 Å². The van der Waals surface area contributed by atoms with Crippen LogP contribution in [0.4, 0.5) is 0 Å². The summed E-state index contributed by atoms with van der Waals surface area (Å²) in [6.07, 6.45) is 0.393. The molecule has 82 valence electrons. The standard InChI is InChI=1S/C8H10N2O4S/c1-14-5(8(12)13)2-10-7(11)6-3-9-4-15-6/h3-5H,2H2,1H3,(H,10,11)(H,12,13). The minimum Gasteiger partial charge on any atom is -0.479 e. The van der Waals surface area contributed by atoms with Crippen LogP contribution in [0.2, 0.25) is 0 Å². The number of nitrogens with one attached hydrogen (secondary N) is 1. The molecule has 0 bridgehead atoms. The first-order valence-corrected chi connectivity index (χ1v) is 4.95. The van der Waals surface area contributed by atoms with Gasteiger partial charge in [-0.3, -0.25) is 9.78 Å². The van der Waals surface area contributed by atoms with Crippen molar-refractivity contribution < 1.29 is 19.4 Å². The molecule has 0 aromatic carbocycles. The molecule has 0 aliphatic carbocycles. The maximum Gasteiger partial charge on any atom is 0.334 e. The van der Waals surface area contributed by atoms with Gasteiger partial charge in [-0.05, 0) is 0 Å². The monoisotopic (exact) mass is 230 g/mol. The Morgan fingerprint density at radius 2 is 2.47 bits per heavy atom. The van der Waals surface area contributed by atoms with Crippen LogP contribution in [0.15, 0.2) is 11.7 Å². The Balaban J connectivity index is 2.43. The number of carbonyl (C=O) groups is 2. The van der Waals surface area contributed by atoms with E-state index < -0.39 is 12.1 Å². The number of aromatic nitrogens is 1. The molecule has 2 N–H and O–H groups in total. The first-order valence-electron chi connectivity index (χ1n) is 4.07. The lowest BCUT2D eigenvalue weighted by atomic mass is 10.3. The van der Waals surface area contributed by atoms with E-state index in [4.69, 9.17) is 5.11 Å². The van der Waals surface area contributed by atoms with Crippen LogP contribution in [0, 0.1) is 0 Å². The fourth-order valence-electron chi connectivity index (χ4n) is 0.872. The van der Waals surface area contributed by atoms with Gasteiger partial charge in [0.25, 0.3) is 5.91 Å². The number of carboxylic acids is 1. The summed E-state index contributed by atoms with van der Waals surface area (Å²) in [5, 5.41) is 11.1. The predicted molar refractivity (Wildman–Crippen MR) is 52.9 cm³/mol. The molecule has 15 heavy (non-hydrogen) atoms. The fourth-order valence-corrected chi connectivity index (χ4v) is 1.41. The summed E-state index contributed by atoms with van der Waals surface area (Å²) < 4.78 is 4.65. The van der Waals surface area contributed by atoms with Crippen LogP contribution in [-0.2, 0) is 9.53 Å². The fraction of sp³-hybridized carbons (Fsp3) is 0.375. The molecule has 0 fully saturated rings. The summed E-state index contributed by atoms with van der Waals surface area (Å²) in [6, 6.07) is 0. The highest BCUT2D eigenvalue weighted by molar-refractivity contribution is 7.11. The number of thiazole rings is 1. The molecular weight excluding hydrogens is 220 g/mol. The van der Waals surface area contributed by atoms with E-state index in [0.717, 1.165) is 0 Å². The van der Waals surface area contributed by atoms with Gasteiger partial charge in [0, 0.05) is 7.11 Å². The number of nitrogens with zero attached hydrogens (tertiary/aromatic N) is 1. The van der Waals surface area contributed by atoms with Gasteiger partial charge in [-0.1, -0.05) is 0 Å². The average Bonchev–Trinajstić information content (AvgIpc) is 2.70. The SMILES string of the molecule is COC(CNC(=O)c1cncs1)C(=O)O. The van der Waals surface area contributed by atoms with Gasteiger partial charge in [0.1, 0.15) is 4.88 Å². The number of methoxy groups -OCH3 is 1. The average molecular weight is 230 g/mol. The van der Waals surface area contributed by atoms with Crippen molar-refractivity contribution in [3.05, 3.63) is 16.6 Å². The number of carbonyl (C=O) groups excluding carboxylic acids is 1. The molecule has 0 saturated heterocycles. The highest BCUT2D eigenvalue weighted by atomic mass is 32.1. The quantitative estimate of drug-likeness (QED) is 0.741. The van der Waals surface area contributed by atoms with Gasteiger partial charge in [-0.2, -0.15) is 0 Å². The largest absolute Gasteiger partial charge is 0.479 e. The van der Waals surface area contributed by atoms with Crippen LogP contribution in [-0.4, -0.2) is 41.7 Å². The lowest BCUT2D eigenvalue weighted by Crippen LogP contribution is -2.37. The second-order valence-corrected chi connectivity index (χ2v) is 3.52. The van der Waals surface area contributed by atoms with Crippen molar-refractivity contribution in [2.75, 3.05) is 13.7 Å². The highest BCUT2D eigenvalue weighted by Gasteiger charge is 2.17. The normalized spacial score (nSPS) is 12.1. The van der Waals surface area contributed by atoms with E-state index in [2.05, 4.69) is 15.0 Å². The van der Waals surface area contributed by atoms with Gasteiger partial charge in [-0.25, -0.2) is 4.79 Å². The summed E-state index contributed by atoms with van der Waals surface area (Å²) in [4.78, 5) is 26.1. The third-order valence-electron chi connectivity index (χ3n) is 1.66. The zero-order chi connectivity index (χ0) is 11.3. The molecule has 1 aromatic heterocycles. The summed E-state index contributed by atoms with van der Waals surface area (Å²) in [6.45, 7) is -0.0669. The smallest absolute Gasteiger partial charge is 0.334 e. The topological polar surface area (TPSA) is 88.5 Å². The first-order chi connectivity index (χ1) is 7.15. The zero-order valence-corrected chi connectivity index (χ0v) is 8.78. The van der Waals surface area contributed by atoms with Gasteiger partial charge in [0.05, 0.1) is 18.3 Å². The molecule has 1 aromatic rings. The van der Waals surface area contributed by atoms with E-state index in [9.17, 15) is 9.59 Å². The molecule has 1 amide bonds. The molecule has 0 aliphatic rings. The molecule has 0 spiro atoms. The molecule has 0 saturated carbocycles. The number of carboxylic acid groups (broad SMARTS) is 1. The lowest BCUT2D eigenvalue weighted by molar-refractivity contribution is -0.147. The van der Waals surface area contributed by atoms with Crippen molar-refractivity contribution in [3.8, 4) is 0 Å². The molecule has 7 heteroatoms. The van der Waals surface area contributed by atoms with Gasteiger partial charge < -0.3 is 15.2 Å². The summed E-state index contributed by atoms with van der Waals surface area (Å²) in [5.74, 6) is -1.46. The third-order valence-corrected chi connectivity index (χ3v) is 2.44. The Labute approximate surface area is 89.9 Å². The molecule has 1 rings (SSSR count). The molecule has 0 radical (unpaired) electrons. The van der Waals surface area contributed by atoms with Crippen molar-refractivity contribution in [2.45, 2.75) is 6.10 Å². The Morgan fingerprint density at radius 1 is 1.73 bits per heavy atom. The van der Waals surface area contributed by atoms with E-state index in [1.807, 2.05) is 0 Å². The second-order valence-electron chi connectivity index (χ2n) is 2.64. The number of aliphatic carboxylic acids is 1. The molecule has 6 nitrogen and oxygen atoms in total. The summed E-state index contributed by atoms with van der Waals surface area (Å²) >= 11 is 1.19. The minimum absolute atomic E-state index is 0.0669. The Hall–Kier alpha value is -1.47. The number of hydrogen-bond donors (Lipinski definition) is 2. The number of amides is 1. The van der Waals surface area contributed by atoms with Gasteiger partial charge >= 0.3 is 5.97 Å². The van der Waals surface area contributed by atoms with Gasteiger partial charge in [0.2, 0.25) is 0 Å². The van der Waals surface area contributed by atoms with Crippen LogP contribution < -0.4 is 5.32 Å². The van der Waals surface area contributed by atoms with Crippen LogP contribution in [0.3, 0.4) is 0 Å². The van der Waals surface area contributed by atoms with Crippen LogP contribution in [0.25, 0.3) is 0 Å². The molecule has 0 aliphatic heterocycles. The van der Waals surface area contributed by atoms with Crippen LogP contribution in [0.5, 0.6) is 0 Å². The Bertz CT molecular complexity index is 338. The number of rotatable bonds is 5. The number of ether oxygens (including phenoxy) is 1. The van der Waals surface area contributed by atoms with E-state index in [1.165, 1.54) is 30.2 Å². The molecule has 1 unspecified atom stereocenters.